The van der Waals surface area contributed by atoms with E-state index in [9.17, 15) is 4.79 Å². The Labute approximate surface area is 128 Å². The average Bonchev–Trinajstić information content (AvgIpc) is 2.51. The molecule has 1 unspecified atom stereocenters. The Balaban J connectivity index is 2.46. The van der Waals surface area contributed by atoms with Gasteiger partial charge in [0.2, 0.25) is 0 Å². The first-order chi connectivity index (χ1) is 10.2. The normalized spacial score (nSPS) is 12.1. The molecule has 3 nitrogen and oxygen atoms in total. The summed E-state index contributed by atoms with van der Waals surface area (Å²) in [6, 6.07) is 7.35. The Morgan fingerprint density at radius 2 is 1.95 bits per heavy atom. The molecule has 0 aliphatic heterocycles. The standard InChI is InChI=1S/C18H28O3/c1-4-7-10-15(5-2)13-20-14-17(19)16-11-8-9-12-18(16)21-6-3/h8-9,11-12,15H,4-7,10,13-14H2,1-3H3. The molecule has 0 heterocycles. The van der Waals surface area contributed by atoms with Gasteiger partial charge in [0.05, 0.1) is 12.2 Å². The molecule has 0 saturated carbocycles. The molecule has 0 saturated heterocycles. The lowest BCUT2D eigenvalue weighted by Crippen LogP contribution is -2.15. The Bertz CT molecular complexity index is 415. The van der Waals surface area contributed by atoms with Crippen LogP contribution in [0.4, 0.5) is 0 Å². The number of ether oxygens (including phenoxy) is 2. The van der Waals surface area contributed by atoms with Crippen molar-refractivity contribution in [3.63, 3.8) is 0 Å². The quantitative estimate of drug-likeness (QED) is 0.563. The first-order valence-corrected chi connectivity index (χ1v) is 8.05. The van der Waals surface area contributed by atoms with Crippen molar-refractivity contribution in [1.29, 1.82) is 0 Å². The van der Waals surface area contributed by atoms with Gasteiger partial charge in [0, 0.05) is 6.61 Å². The fourth-order valence-corrected chi connectivity index (χ4v) is 2.27. The number of Topliss-reactive ketones (excluding diaryl/α,β-unsaturated/α-hetero) is 1. The summed E-state index contributed by atoms with van der Waals surface area (Å²) in [6.45, 7) is 7.64. The number of para-hydroxylation sites is 1. The van der Waals surface area contributed by atoms with Gasteiger partial charge in [-0.05, 0) is 31.4 Å². The summed E-state index contributed by atoms with van der Waals surface area (Å²) in [7, 11) is 0. The average molecular weight is 292 g/mol. The highest BCUT2D eigenvalue weighted by molar-refractivity contribution is 5.99. The van der Waals surface area contributed by atoms with Crippen LogP contribution in [-0.4, -0.2) is 25.6 Å². The second-order valence-corrected chi connectivity index (χ2v) is 5.28. The van der Waals surface area contributed by atoms with E-state index in [1.807, 2.05) is 25.1 Å². The topological polar surface area (TPSA) is 35.5 Å². The molecule has 21 heavy (non-hydrogen) atoms. The van der Waals surface area contributed by atoms with Gasteiger partial charge in [-0.3, -0.25) is 4.79 Å². The second kappa shape index (κ2) is 10.4. The van der Waals surface area contributed by atoms with E-state index in [0.717, 1.165) is 6.42 Å². The molecule has 0 amide bonds. The van der Waals surface area contributed by atoms with Crippen molar-refractivity contribution >= 4 is 5.78 Å². The summed E-state index contributed by atoms with van der Waals surface area (Å²) in [5.41, 5.74) is 0.612. The Hall–Kier alpha value is -1.35. The van der Waals surface area contributed by atoms with Crippen LogP contribution in [0.15, 0.2) is 24.3 Å². The summed E-state index contributed by atoms with van der Waals surface area (Å²) in [5, 5.41) is 0. The van der Waals surface area contributed by atoms with Crippen LogP contribution in [0.25, 0.3) is 0 Å². The predicted octanol–water partition coefficient (Wildman–Crippen LogP) is 4.50. The SMILES string of the molecule is CCCCC(CC)COCC(=O)c1ccccc1OCC. The van der Waals surface area contributed by atoms with Crippen LogP contribution in [-0.2, 0) is 4.74 Å². The van der Waals surface area contributed by atoms with Gasteiger partial charge in [-0.1, -0.05) is 45.2 Å². The second-order valence-electron chi connectivity index (χ2n) is 5.28. The van der Waals surface area contributed by atoms with Crippen molar-refractivity contribution in [2.24, 2.45) is 5.92 Å². The molecule has 1 rings (SSSR count). The van der Waals surface area contributed by atoms with E-state index in [-0.39, 0.29) is 12.4 Å². The van der Waals surface area contributed by atoms with E-state index in [4.69, 9.17) is 9.47 Å². The summed E-state index contributed by atoms with van der Waals surface area (Å²) < 4.78 is 11.1. The fraction of sp³-hybridized carbons (Fsp3) is 0.611. The highest BCUT2D eigenvalue weighted by atomic mass is 16.5. The van der Waals surface area contributed by atoms with Gasteiger partial charge in [-0.25, -0.2) is 0 Å². The fourth-order valence-electron chi connectivity index (χ4n) is 2.27. The van der Waals surface area contributed by atoms with Gasteiger partial charge in [0.15, 0.2) is 5.78 Å². The smallest absolute Gasteiger partial charge is 0.192 e. The molecule has 0 spiro atoms. The highest BCUT2D eigenvalue weighted by Gasteiger charge is 2.13. The molecule has 118 valence electrons. The zero-order valence-electron chi connectivity index (χ0n) is 13.6. The summed E-state index contributed by atoms with van der Waals surface area (Å²) >= 11 is 0. The molecule has 0 aliphatic rings. The van der Waals surface area contributed by atoms with E-state index in [2.05, 4.69) is 13.8 Å². The molecule has 0 bridgehead atoms. The Morgan fingerprint density at radius 3 is 2.62 bits per heavy atom. The first kappa shape index (κ1) is 17.7. The van der Waals surface area contributed by atoms with Gasteiger partial charge in [0.1, 0.15) is 12.4 Å². The molecule has 0 aromatic heterocycles. The first-order valence-electron chi connectivity index (χ1n) is 8.05. The van der Waals surface area contributed by atoms with Crippen LogP contribution in [0.3, 0.4) is 0 Å². The number of carbonyl (C=O) groups is 1. The Morgan fingerprint density at radius 1 is 1.19 bits per heavy atom. The predicted molar refractivity (Wildman–Crippen MR) is 86.1 cm³/mol. The summed E-state index contributed by atoms with van der Waals surface area (Å²) in [6.07, 6.45) is 4.71. The minimum atomic E-state index is -0.00982. The van der Waals surface area contributed by atoms with Crippen molar-refractivity contribution in [2.75, 3.05) is 19.8 Å². The molecule has 1 aromatic rings. The minimum Gasteiger partial charge on any atom is -0.493 e. The number of benzene rings is 1. The van der Waals surface area contributed by atoms with E-state index in [1.165, 1.54) is 19.3 Å². The molecule has 1 atom stereocenters. The van der Waals surface area contributed by atoms with Crippen molar-refractivity contribution in [3.8, 4) is 5.75 Å². The minimum absolute atomic E-state index is 0.00982. The van der Waals surface area contributed by atoms with Gasteiger partial charge in [-0.2, -0.15) is 0 Å². The number of hydrogen-bond acceptors (Lipinski definition) is 3. The van der Waals surface area contributed by atoms with Crippen LogP contribution in [0.1, 0.15) is 56.8 Å². The van der Waals surface area contributed by atoms with Crippen molar-refractivity contribution < 1.29 is 14.3 Å². The van der Waals surface area contributed by atoms with Crippen LogP contribution in [0, 0.1) is 5.92 Å². The number of unbranched alkanes of at least 4 members (excludes halogenated alkanes) is 1. The highest BCUT2D eigenvalue weighted by Crippen LogP contribution is 2.19. The molecule has 0 N–H and O–H groups in total. The van der Waals surface area contributed by atoms with E-state index >= 15 is 0 Å². The van der Waals surface area contributed by atoms with Crippen molar-refractivity contribution in [3.05, 3.63) is 29.8 Å². The molecular formula is C18H28O3. The molecule has 1 aromatic carbocycles. The van der Waals surface area contributed by atoms with E-state index in [0.29, 0.717) is 30.4 Å². The van der Waals surface area contributed by atoms with Gasteiger partial charge in [0.25, 0.3) is 0 Å². The maximum absolute atomic E-state index is 12.2. The third-order valence-corrected chi connectivity index (χ3v) is 3.62. The van der Waals surface area contributed by atoms with Crippen LogP contribution in [0.5, 0.6) is 5.75 Å². The van der Waals surface area contributed by atoms with Crippen molar-refractivity contribution in [2.45, 2.75) is 46.5 Å². The molecule has 0 radical (unpaired) electrons. The lowest BCUT2D eigenvalue weighted by Gasteiger charge is -2.15. The zero-order chi connectivity index (χ0) is 15.5. The lowest BCUT2D eigenvalue weighted by atomic mass is 10.0. The molecule has 3 heteroatoms. The number of ketones is 1. The monoisotopic (exact) mass is 292 g/mol. The van der Waals surface area contributed by atoms with Crippen molar-refractivity contribution in [1.82, 2.24) is 0 Å². The number of hydrogen-bond donors (Lipinski definition) is 0. The van der Waals surface area contributed by atoms with Gasteiger partial charge >= 0.3 is 0 Å². The van der Waals surface area contributed by atoms with Crippen LogP contribution >= 0.6 is 0 Å². The third-order valence-electron chi connectivity index (χ3n) is 3.62. The maximum Gasteiger partial charge on any atom is 0.192 e. The maximum atomic E-state index is 12.2. The number of carbonyl (C=O) groups excluding carboxylic acids is 1. The van der Waals surface area contributed by atoms with Crippen LogP contribution < -0.4 is 4.74 Å². The lowest BCUT2D eigenvalue weighted by molar-refractivity contribution is 0.0655. The summed E-state index contributed by atoms with van der Waals surface area (Å²) in [4.78, 5) is 12.2. The largest absolute Gasteiger partial charge is 0.493 e. The number of rotatable bonds is 11. The summed E-state index contributed by atoms with van der Waals surface area (Å²) in [5.74, 6) is 1.19. The molecule has 0 aliphatic carbocycles. The molecule has 0 fully saturated rings. The van der Waals surface area contributed by atoms with E-state index in [1.54, 1.807) is 6.07 Å². The van der Waals surface area contributed by atoms with Crippen LogP contribution in [0.2, 0.25) is 0 Å². The Kier molecular flexibility index (Phi) is 8.76. The third kappa shape index (κ3) is 6.30. The van der Waals surface area contributed by atoms with Gasteiger partial charge < -0.3 is 9.47 Å². The molecular weight excluding hydrogens is 264 g/mol. The van der Waals surface area contributed by atoms with Gasteiger partial charge in [-0.15, -0.1) is 0 Å². The zero-order valence-corrected chi connectivity index (χ0v) is 13.6. The van der Waals surface area contributed by atoms with E-state index < -0.39 is 0 Å².